The van der Waals surface area contributed by atoms with E-state index in [0.717, 1.165) is 26.1 Å². The van der Waals surface area contributed by atoms with Crippen LogP contribution in [0.4, 0.5) is 5.69 Å². The van der Waals surface area contributed by atoms with E-state index in [9.17, 15) is 0 Å². The molecule has 2 aromatic rings. The van der Waals surface area contributed by atoms with Crippen LogP contribution >= 0.6 is 0 Å². The highest BCUT2D eigenvalue weighted by Gasteiger charge is 2.08. The molecule has 2 aromatic heterocycles. The van der Waals surface area contributed by atoms with Crippen molar-refractivity contribution in [1.29, 1.82) is 0 Å². The Balaban J connectivity index is 2.06. The molecule has 0 aliphatic carbocycles. The van der Waals surface area contributed by atoms with Crippen LogP contribution in [0.5, 0.6) is 0 Å². The molecule has 0 radical (unpaired) electrons. The molecule has 0 aliphatic heterocycles. The molecule has 5 heteroatoms. The van der Waals surface area contributed by atoms with E-state index in [4.69, 9.17) is 0 Å². The molecule has 0 aliphatic rings. The second-order valence-electron chi connectivity index (χ2n) is 5.06. The molecule has 0 fully saturated rings. The van der Waals surface area contributed by atoms with Crippen LogP contribution in [0, 0.1) is 0 Å². The van der Waals surface area contributed by atoms with Crippen LogP contribution in [-0.4, -0.2) is 28.4 Å². The van der Waals surface area contributed by atoms with E-state index in [1.807, 2.05) is 36.5 Å². The van der Waals surface area contributed by atoms with Crippen molar-refractivity contribution >= 4 is 5.69 Å². The third-order valence-corrected chi connectivity index (χ3v) is 3.22. The molecule has 5 nitrogen and oxygen atoms in total. The number of anilines is 1. The number of hydrogen-bond acceptors (Lipinski definition) is 4. The largest absolute Gasteiger partial charge is 0.369 e. The predicted molar refractivity (Wildman–Crippen MR) is 81.5 cm³/mol. The van der Waals surface area contributed by atoms with Gasteiger partial charge in [0.15, 0.2) is 0 Å². The highest BCUT2D eigenvalue weighted by atomic mass is 15.2. The average Bonchev–Trinajstić information content (AvgIpc) is 2.85. The maximum atomic E-state index is 4.25. The highest BCUT2D eigenvalue weighted by molar-refractivity contribution is 5.51. The molecule has 0 atom stereocenters. The maximum absolute atomic E-state index is 4.25. The molecule has 0 bridgehead atoms. The Bertz CT molecular complexity index is 535. The summed E-state index contributed by atoms with van der Waals surface area (Å²) in [5.74, 6) is 0. The van der Waals surface area contributed by atoms with Gasteiger partial charge in [-0.2, -0.15) is 5.10 Å². The summed E-state index contributed by atoms with van der Waals surface area (Å²) in [6, 6.07) is 2.08. The second-order valence-corrected chi connectivity index (χ2v) is 5.06. The molecule has 2 heterocycles. The summed E-state index contributed by atoms with van der Waals surface area (Å²) in [5.41, 5.74) is 3.64. The lowest BCUT2D eigenvalue weighted by molar-refractivity contribution is 0.673. The van der Waals surface area contributed by atoms with Crippen LogP contribution in [0.25, 0.3) is 0 Å². The van der Waals surface area contributed by atoms with Crippen molar-refractivity contribution in [3.8, 4) is 0 Å². The summed E-state index contributed by atoms with van der Waals surface area (Å²) in [4.78, 5) is 6.47. The lowest BCUT2D eigenvalue weighted by atomic mass is 10.2. The summed E-state index contributed by atoms with van der Waals surface area (Å²) in [7, 11) is 4.03. The Labute approximate surface area is 120 Å². The normalized spacial score (nSPS) is 10.8. The number of nitrogens with one attached hydrogen (secondary N) is 1. The van der Waals surface area contributed by atoms with Gasteiger partial charge >= 0.3 is 0 Å². The summed E-state index contributed by atoms with van der Waals surface area (Å²) in [6.07, 6.45) is 8.87. The fraction of sp³-hybridized carbons (Fsp3) is 0.467. The van der Waals surface area contributed by atoms with Gasteiger partial charge in [0.05, 0.1) is 18.1 Å². The number of pyridine rings is 1. The monoisotopic (exact) mass is 273 g/mol. The third kappa shape index (κ3) is 3.81. The van der Waals surface area contributed by atoms with Gasteiger partial charge in [-0.15, -0.1) is 0 Å². The van der Waals surface area contributed by atoms with Crippen molar-refractivity contribution in [3.05, 3.63) is 42.0 Å². The number of hydrogen-bond donors (Lipinski definition) is 1. The molecule has 0 saturated carbocycles. The number of nitrogens with zero attached hydrogens (tertiary/aromatic N) is 4. The van der Waals surface area contributed by atoms with E-state index in [0.29, 0.717) is 0 Å². The first-order chi connectivity index (χ1) is 9.70. The van der Waals surface area contributed by atoms with E-state index < -0.39 is 0 Å². The quantitative estimate of drug-likeness (QED) is 0.783. The Morgan fingerprint density at radius 1 is 1.35 bits per heavy atom. The second kappa shape index (κ2) is 7.05. The first-order valence-electron chi connectivity index (χ1n) is 7.03. The minimum atomic E-state index is 0.834. The average molecular weight is 273 g/mol. The van der Waals surface area contributed by atoms with Gasteiger partial charge in [-0.3, -0.25) is 9.67 Å². The standard InChI is InChI=1S/C15H23N5/c1-4-6-16-9-14-5-7-17-10-15(14)19(2)11-13-8-18-20(3)12-13/h5,7-8,10,12,16H,4,6,9,11H2,1-3H3. The zero-order valence-corrected chi connectivity index (χ0v) is 12.5. The fourth-order valence-electron chi connectivity index (χ4n) is 2.22. The van der Waals surface area contributed by atoms with Crippen LogP contribution < -0.4 is 10.2 Å². The molecule has 2 rings (SSSR count). The van der Waals surface area contributed by atoms with Gasteiger partial charge in [0.2, 0.25) is 0 Å². The van der Waals surface area contributed by atoms with Crippen LogP contribution in [0.2, 0.25) is 0 Å². The van der Waals surface area contributed by atoms with E-state index in [2.05, 4.69) is 40.3 Å². The SMILES string of the molecule is CCCNCc1ccncc1N(C)Cc1cnn(C)c1. The van der Waals surface area contributed by atoms with Crippen molar-refractivity contribution < 1.29 is 0 Å². The van der Waals surface area contributed by atoms with Gasteiger partial charge in [0.25, 0.3) is 0 Å². The zero-order valence-electron chi connectivity index (χ0n) is 12.5. The van der Waals surface area contributed by atoms with Gasteiger partial charge in [0, 0.05) is 45.1 Å². The van der Waals surface area contributed by atoms with Crippen LogP contribution in [0.3, 0.4) is 0 Å². The predicted octanol–water partition coefficient (Wildman–Crippen LogP) is 1.95. The summed E-state index contributed by atoms with van der Waals surface area (Å²) >= 11 is 0. The Morgan fingerprint density at radius 3 is 2.90 bits per heavy atom. The van der Waals surface area contributed by atoms with E-state index in [1.165, 1.54) is 16.8 Å². The maximum Gasteiger partial charge on any atom is 0.0598 e. The number of aryl methyl sites for hydroxylation is 1. The molecule has 108 valence electrons. The van der Waals surface area contributed by atoms with Gasteiger partial charge < -0.3 is 10.2 Å². The van der Waals surface area contributed by atoms with Gasteiger partial charge in [-0.05, 0) is 24.6 Å². The molecular weight excluding hydrogens is 250 g/mol. The lowest BCUT2D eigenvalue weighted by Crippen LogP contribution is -2.21. The molecule has 20 heavy (non-hydrogen) atoms. The Hall–Kier alpha value is -1.88. The van der Waals surface area contributed by atoms with Crippen molar-refractivity contribution in [2.75, 3.05) is 18.5 Å². The van der Waals surface area contributed by atoms with Gasteiger partial charge in [-0.25, -0.2) is 0 Å². The van der Waals surface area contributed by atoms with Crippen molar-refractivity contribution in [1.82, 2.24) is 20.1 Å². The van der Waals surface area contributed by atoms with Crippen molar-refractivity contribution in [3.63, 3.8) is 0 Å². The number of aromatic nitrogens is 3. The van der Waals surface area contributed by atoms with E-state index in [1.54, 1.807) is 0 Å². The molecule has 0 saturated heterocycles. The fourth-order valence-corrected chi connectivity index (χ4v) is 2.22. The molecule has 1 N–H and O–H groups in total. The minimum absolute atomic E-state index is 0.834. The lowest BCUT2D eigenvalue weighted by Gasteiger charge is -2.21. The molecule has 0 spiro atoms. The molecule has 0 aromatic carbocycles. The topological polar surface area (TPSA) is 46.0 Å². The molecule has 0 unspecified atom stereocenters. The molecular formula is C15H23N5. The van der Waals surface area contributed by atoms with E-state index in [-0.39, 0.29) is 0 Å². The number of rotatable bonds is 7. The first kappa shape index (κ1) is 14.5. The Kier molecular flexibility index (Phi) is 5.12. The van der Waals surface area contributed by atoms with Crippen LogP contribution in [-0.2, 0) is 20.1 Å². The minimum Gasteiger partial charge on any atom is -0.369 e. The molecule has 0 amide bonds. The summed E-state index contributed by atoms with van der Waals surface area (Å²) in [6.45, 7) is 4.92. The smallest absolute Gasteiger partial charge is 0.0598 e. The van der Waals surface area contributed by atoms with Crippen molar-refractivity contribution in [2.24, 2.45) is 7.05 Å². The van der Waals surface area contributed by atoms with Gasteiger partial charge in [0.1, 0.15) is 0 Å². The highest BCUT2D eigenvalue weighted by Crippen LogP contribution is 2.19. The van der Waals surface area contributed by atoms with Crippen LogP contribution in [0.1, 0.15) is 24.5 Å². The Morgan fingerprint density at radius 2 is 2.20 bits per heavy atom. The summed E-state index contributed by atoms with van der Waals surface area (Å²) < 4.78 is 1.83. The van der Waals surface area contributed by atoms with Crippen molar-refractivity contribution in [2.45, 2.75) is 26.4 Å². The summed E-state index contributed by atoms with van der Waals surface area (Å²) in [5, 5.41) is 7.65. The van der Waals surface area contributed by atoms with Gasteiger partial charge in [-0.1, -0.05) is 6.92 Å². The third-order valence-electron chi connectivity index (χ3n) is 3.22. The first-order valence-corrected chi connectivity index (χ1v) is 7.03. The van der Waals surface area contributed by atoms with Crippen LogP contribution in [0.15, 0.2) is 30.9 Å². The van der Waals surface area contributed by atoms with E-state index >= 15 is 0 Å². The zero-order chi connectivity index (χ0) is 14.4.